The van der Waals surface area contributed by atoms with Crippen LogP contribution in [-0.2, 0) is 9.84 Å². The van der Waals surface area contributed by atoms with Crippen LogP contribution in [0.2, 0.25) is 0 Å². The predicted octanol–water partition coefficient (Wildman–Crippen LogP) is 2.55. The third kappa shape index (κ3) is 2.29. The van der Waals surface area contributed by atoms with E-state index in [0.717, 1.165) is 0 Å². The van der Waals surface area contributed by atoms with Crippen molar-refractivity contribution >= 4 is 9.84 Å². The van der Waals surface area contributed by atoms with Crippen LogP contribution < -0.4 is 0 Å². The Morgan fingerprint density at radius 1 is 0.895 bits per heavy atom. The smallest absolute Gasteiger partial charge is 0.210 e. The highest BCUT2D eigenvalue weighted by Crippen LogP contribution is 2.32. The first-order valence-electron chi connectivity index (χ1n) is 5.67. The third-order valence-corrected chi connectivity index (χ3v) is 4.88. The fourth-order valence-electron chi connectivity index (χ4n) is 1.90. The van der Waals surface area contributed by atoms with Gasteiger partial charge in [-0.25, -0.2) is 8.42 Å². The number of aryl methyl sites for hydroxylation is 2. The zero-order valence-corrected chi connectivity index (χ0v) is 11.4. The van der Waals surface area contributed by atoms with E-state index in [-0.39, 0.29) is 21.3 Å². The summed E-state index contributed by atoms with van der Waals surface area (Å²) in [5.41, 5.74) is 0.944. The molecule has 0 aliphatic rings. The van der Waals surface area contributed by atoms with Gasteiger partial charge in [-0.1, -0.05) is 12.1 Å². The molecule has 0 saturated heterocycles. The molecule has 0 bridgehead atoms. The largest absolute Gasteiger partial charge is 0.508 e. The number of hydrogen-bond acceptors (Lipinski definition) is 4. The highest BCUT2D eigenvalue weighted by Gasteiger charge is 2.24. The molecule has 4 nitrogen and oxygen atoms in total. The lowest BCUT2D eigenvalue weighted by Crippen LogP contribution is -2.04. The molecule has 0 aliphatic heterocycles. The molecule has 0 saturated carbocycles. The summed E-state index contributed by atoms with van der Waals surface area (Å²) in [7, 11) is -3.80. The van der Waals surface area contributed by atoms with Gasteiger partial charge in [0, 0.05) is 0 Å². The van der Waals surface area contributed by atoms with Crippen LogP contribution in [0.5, 0.6) is 11.5 Å². The monoisotopic (exact) mass is 278 g/mol. The lowest BCUT2D eigenvalue weighted by Gasteiger charge is -2.10. The van der Waals surface area contributed by atoms with E-state index in [1.807, 2.05) is 0 Å². The number of rotatable bonds is 2. The Balaban J connectivity index is 2.69. The molecular weight excluding hydrogens is 264 g/mol. The van der Waals surface area contributed by atoms with Gasteiger partial charge in [0.1, 0.15) is 16.4 Å². The van der Waals surface area contributed by atoms with E-state index < -0.39 is 9.84 Å². The van der Waals surface area contributed by atoms with Gasteiger partial charge in [-0.2, -0.15) is 0 Å². The molecule has 2 aromatic carbocycles. The number of phenols is 2. The molecule has 0 unspecified atom stereocenters. The molecule has 0 radical (unpaired) electrons. The fraction of sp³-hybridized carbons (Fsp3) is 0.143. The van der Waals surface area contributed by atoms with Gasteiger partial charge in [-0.15, -0.1) is 0 Å². The van der Waals surface area contributed by atoms with Crippen molar-refractivity contribution in [3.8, 4) is 11.5 Å². The van der Waals surface area contributed by atoms with E-state index in [9.17, 15) is 18.6 Å². The van der Waals surface area contributed by atoms with Gasteiger partial charge in [-0.05, 0) is 49.2 Å². The van der Waals surface area contributed by atoms with Gasteiger partial charge in [0.15, 0.2) is 0 Å². The van der Waals surface area contributed by atoms with Crippen LogP contribution in [-0.4, -0.2) is 18.6 Å². The molecule has 0 fully saturated rings. The lowest BCUT2D eigenvalue weighted by atomic mass is 10.2. The maximum absolute atomic E-state index is 12.5. The van der Waals surface area contributed by atoms with Crippen molar-refractivity contribution in [3.05, 3.63) is 47.5 Å². The average Bonchev–Trinajstić information content (AvgIpc) is 2.32. The molecule has 2 aromatic rings. The van der Waals surface area contributed by atoms with Crippen molar-refractivity contribution < 1.29 is 18.6 Å². The quantitative estimate of drug-likeness (QED) is 0.885. The first-order valence-corrected chi connectivity index (χ1v) is 7.15. The van der Waals surface area contributed by atoms with E-state index in [1.54, 1.807) is 26.0 Å². The molecule has 0 heterocycles. The summed E-state index contributed by atoms with van der Waals surface area (Å²) in [6.07, 6.45) is 0. The van der Waals surface area contributed by atoms with Crippen molar-refractivity contribution in [3.63, 3.8) is 0 Å². The number of sulfone groups is 1. The molecule has 0 aromatic heterocycles. The van der Waals surface area contributed by atoms with E-state index in [1.165, 1.54) is 24.3 Å². The van der Waals surface area contributed by atoms with Gasteiger partial charge < -0.3 is 10.2 Å². The van der Waals surface area contributed by atoms with Crippen LogP contribution in [0.3, 0.4) is 0 Å². The molecule has 2 rings (SSSR count). The summed E-state index contributed by atoms with van der Waals surface area (Å²) in [6, 6.07) is 8.59. The highest BCUT2D eigenvalue weighted by atomic mass is 32.2. The maximum Gasteiger partial charge on any atom is 0.210 e. The average molecular weight is 278 g/mol. The first-order chi connectivity index (χ1) is 8.84. The molecule has 0 amide bonds. The number of phenolic OH excluding ortho intramolecular Hbond substituents is 2. The summed E-state index contributed by atoms with van der Waals surface area (Å²) < 4.78 is 25.0. The van der Waals surface area contributed by atoms with Crippen LogP contribution >= 0.6 is 0 Å². The van der Waals surface area contributed by atoms with E-state index >= 15 is 0 Å². The molecule has 0 spiro atoms. The van der Waals surface area contributed by atoms with Crippen LogP contribution in [0.4, 0.5) is 0 Å². The lowest BCUT2D eigenvalue weighted by molar-refractivity contribution is 0.457. The Hall–Kier alpha value is -2.01. The summed E-state index contributed by atoms with van der Waals surface area (Å²) in [5, 5.41) is 19.2. The molecule has 19 heavy (non-hydrogen) atoms. The second kappa shape index (κ2) is 4.59. The van der Waals surface area contributed by atoms with E-state index in [2.05, 4.69) is 0 Å². The van der Waals surface area contributed by atoms with Crippen molar-refractivity contribution in [1.82, 2.24) is 0 Å². The zero-order chi connectivity index (χ0) is 14.2. The molecule has 0 atom stereocenters. The van der Waals surface area contributed by atoms with Crippen LogP contribution in [0.15, 0.2) is 46.2 Å². The van der Waals surface area contributed by atoms with Crippen LogP contribution in [0, 0.1) is 13.8 Å². The van der Waals surface area contributed by atoms with Gasteiger partial charge in [0.2, 0.25) is 9.84 Å². The standard InChI is InChI=1S/C14H14O4S/c1-9-4-3-5-13(16)14(9)19(17,18)11-6-7-12(15)10(2)8-11/h3-8,15-16H,1-2H3. The van der Waals surface area contributed by atoms with Gasteiger partial charge >= 0.3 is 0 Å². The second-order valence-corrected chi connectivity index (χ2v) is 6.26. The number of aromatic hydroxyl groups is 2. The minimum atomic E-state index is -3.80. The molecule has 2 N–H and O–H groups in total. The van der Waals surface area contributed by atoms with Crippen molar-refractivity contribution in [2.24, 2.45) is 0 Å². The SMILES string of the molecule is Cc1cc(S(=O)(=O)c2c(C)cccc2O)ccc1O. The second-order valence-electron chi connectivity index (χ2n) is 4.37. The molecule has 100 valence electrons. The highest BCUT2D eigenvalue weighted by molar-refractivity contribution is 7.91. The summed E-state index contributed by atoms with van der Waals surface area (Å²) >= 11 is 0. The van der Waals surface area contributed by atoms with Crippen molar-refractivity contribution in [1.29, 1.82) is 0 Å². The Morgan fingerprint density at radius 3 is 2.16 bits per heavy atom. The topological polar surface area (TPSA) is 74.6 Å². The molecule has 5 heteroatoms. The van der Waals surface area contributed by atoms with Gasteiger partial charge in [0.05, 0.1) is 4.90 Å². The predicted molar refractivity (Wildman–Crippen MR) is 71.1 cm³/mol. The number of hydrogen-bond donors (Lipinski definition) is 2. The Bertz CT molecular complexity index is 713. The van der Waals surface area contributed by atoms with Crippen molar-refractivity contribution in [2.75, 3.05) is 0 Å². The first kappa shape index (κ1) is 13.4. The van der Waals surface area contributed by atoms with Crippen LogP contribution in [0.1, 0.15) is 11.1 Å². The minimum absolute atomic E-state index is 0.0351. The number of benzene rings is 2. The molecule has 0 aliphatic carbocycles. The summed E-state index contributed by atoms with van der Waals surface area (Å²) in [5.74, 6) is -0.237. The van der Waals surface area contributed by atoms with Crippen LogP contribution in [0.25, 0.3) is 0 Å². The van der Waals surface area contributed by atoms with Gasteiger partial charge in [-0.3, -0.25) is 0 Å². The zero-order valence-electron chi connectivity index (χ0n) is 10.6. The van der Waals surface area contributed by atoms with Crippen molar-refractivity contribution in [2.45, 2.75) is 23.6 Å². The third-order valence-electron chi connectivity index (χ3n) is 2.94. The summed E-state index contributed by atoms with van der Waals surface area (Å²) in [6.45, 7) is 3.24. The van der Waals surface area contributed by atoms with E-state index in [0.29, 0.717) is 11.1 Å². The normalized spacial score (nSPS) is 11.5. The summed E-state index contributed by atoms with van der Waals surface area (Å²) in [4.78, 5) is -0.0486. The molecular formula is C14H14O4S. The Morgan fingerprint density at radius 2 is 1.58 bits per heavy atom. The van der Waals surface area contributed by atoms with Gasteiger partial charge in [0.25, 0.3) is 0 Å². The fourth-order valence-corrected chi connectivity index (χ4v) is 3.55. The minimum Gasteiger partial charge on any atom is -0.508 e. The van der Waals surface area contributed by atoms with E-state index in [4.69, 9.17) is 0 Å². The maximum atomic E-state index is 12.5. The Labute approximate surface area is 111 Å². The Kier molecular flexibility index (Phi) is 3.24.